The van der Waals surface area contributed by atoms with Crippen molar-refractivity contribution in [3.05, 3.63) is 42.2 Å². The molecular formula is C35H51N3O4. The number of hydrogen-bond acceptors (Lipinski definition) is 7. The molecule has 3 rings (SSSR count). The predicted octanol–water partition coefficient (Wildman–Crippen LogP) is 9.44. The summed E-state index contributed by atoms with van der Waals surface area (Å²) in [6, 6.07) is 10.5. The summed E-state index contributed by atoms with van der Waals surface area (Å²) in [6.45, 7) is 7.81. The van der Waals surface area contributed by atoms with Gasteiger partial charge >= 0.3 is 0 Å². The smallest absolute Gasteiger partial charge is 0.167 e. The summed E-state index contributed by atoms with van der Waals surface area (Å²) >= 11 is 0. The number of aryl methyl sites for hydroxylation is 1. The Morgan fingerprint density at radius 2 is 0.952 bits per heavy atom. The van der Waals surface area contributed by atoms with E-state index in [2.05, 4.69) is 35.7 Å². The standard InChI is InChI=1S/C35H51N3O4/c1-4-7-10-12-14-16-23-41-27-19-21-29(31(39)25-27)34-36-33(18-9-6-3)37-35(38-34)30-22-20-28(26-32(30)40)42-24-17-15-13-11-8-5-2/h19-22,25-26,39-40H,4-18,23-24H2,1-3H3. The fourth-order valence-corrected chi connectivity index (χ4v) is 4.83. The maximum Gasteiger partial charge on any atom is 0.167 e. The minimum absolute atomic E-state index is 0.0525. The van der Waals surface area contributed by atoms with Gasteiger partial charge in [0.2, 0.25) is 0 Å². The number of benzene rings is 2. The molecule has 0 aliphatic rings. The number of aromatic hydroxyl groups is 2. The molecule has 2 N–H and O–H groups in total. The Bertz CT molecular complexity index is 1120. The zero-order valence-corrected chi connectivity index (χ0v) is 26.0. The quantitative estimate of drug-likeness (QED) is 0.122. The van der Waals surface area contributed by atoms with Crippen molar-refractivity contribution in [2.75, 3.05) is 13.2 Å². The summed E-state index contributed by atoms with van der Waals surface area (Å²) in [5.41, 5.74) is 1.00. The average Bonchev–Trinajstić information content (AvgIpc) is 2.99. The molecule has 42 heavy (non-hydrogen) atoms. The molecule has 0 spiro atoms. The number of phenols is 2. The molecule has 7 nitrogen and oxygen atoms in total. The predicted molar refractivity (Wildman–Crippen MR) is 170 cm³/mol. The molecule has 0 aliphatic carbocycles. The van der Waals surface area contributed by atoms with Gasteiger partial charge in [-0.1, -0.05) is 91.4 Å². The molecule has 1 aromatic heterocycles. The van der Waals surface area contributed by atoms with Crippen molar-refractivity contribution >= 4 is 0 Å². The first kappa shape index (κ1) is 33.2. The molecule has 1 heterocycles. The third-order valence-electron chi connectivity index (χ3n) is 7.39. The zero-order valence-electron chi connectivity index (χ0n) is 26.0. The van der Waals surface area contributed by atoms with E-state index in [9.17, 15) is 10.2 Å². The van der Waals surface area contributed by atoms with Gasteiger partial charge in [0, 0.05) is 18.6 Å². The monoisotopic (exact) mass is 577 g/mol. The van der Waals surface area contributed by atoms with E-state index in [-0.39, 0.29) is 11.5 Å². The summed E-state index contributed by atoms with van der Waals surface area (Å²) in [5.74, 6) is 2.72. The van der Waals surface area contributed by atoms with Crippen LogP contribution >= 0.6 is 0 Å². The maximum absolute atomic E-state index is 10.9. The van der Waals surface area contributed by atoms with Gasteiger partial charge in [0.15, 0.2) is 11.6 Å². The van der Waals surface area contributed by atoms with Gasteiger partial charge in [-0.25, -0.2) is 15.0 Å². The number of rotatable bonds is 21. The third kappa shape index (κ3) is 11.1. The highest BCUT2D eigenvalue weighted by Gasteiger charge is 2.17. The van der Waals surface area contributed by atoms with Crippen molar-refractivity contribution in [1.82, 2.24) is 15.0 Å². The van der Waals surface area contributed by atoms with Crippen LogP contribution in [0.5, 0.6) is 23.0 Å². The highest BCUT2D eigenvalue weighted by atomic mass is 16.5. The van der Waals surface area contributed by atoms with Crippen molar-refractivity contribution < 1.29 is 19.7 Å². The molecule has 0 aliphatic heterocycles. The lowest BCUT2D eigenvalue weighted by atomic mass is 10.1. The summed E-state index contributed by atoms with van der Waals surface area (Å²) in [7, 11) is 0. The zero-order chi connectivity index (χ0) is 30.0. The average molecular weight is 578 g/mol. The molecule has 0 radical (unpaired) electrons. The van der Waals surface area contributed by atoms with E-state index in [0.717, 1.165) is 38.5 Å². The van der Waals surface area contributed by atoms with Crippen LogP contribution in [0.15, 0.2) is 36.4 Å². The maximum atomic E-state index is 10.9. The van der Waals surface area contributed by atoms with E-state index in [1.165, 1.54) is 51.4 Å². The Morgan fingerprint density at radius 3 is 1.38 bits per heavy atom. The molecule has 0 fully saturated rings. The SMILES string of the molecule is CCCCCCCCOc1ccc(-c2nc(CCCC)nc(-c3ccc(OCCCCCCCC)cc3O)n2)c(O)c1. The van der Waals surface area contributed by atoms with Gasteiger partial charge in [-0.05, 0) is 43.5 Å². The van der Waals surface area contributed by atoms with Gasteiger partial charge in [-0.3, -0.25) is 0 Å². The molecule has 0 atom stereocenters. The molecule has 230 valence electrons. The lowest BCUT2D eigenvalue weighted by molar-refractivity contribution is 0.302. The molecule has 7 heteroatoms. The highest BCUT2D eigenvalue weighted by molar-refractivity contribution is 5.70. The summed E-state index contributed by atoms with van der Waals surface area (Å²) in [4.78, 5) is 14.0. The summed E-state index contributed by atoms with van der Waals surface area (Å²) in [6.07, 6.45) is 17.0. The first-order chi connectivity index (χ1) is 20.5. The van der Waals surface area contributed by atoms with Gasteiger partial charge in [-0.15, -0.1) is 0 Å². The van der Waals surface area contributed by atoms with Crippen LogP contribution in [0.2, 0.25) is 0 Å². The van der Waals surface area contributed by atoms with Gasteiger partial charge in [0.05, 0.1) is 24.3 Å². The number of hydrogen-bond donors (Lipinski definition) is 2. The van der Waals surface area contributed by atoms with Crippen LogP contribution in [0.25, 0.3) is 22.8 Å². The van der Waals surface area contributed by atoms with Gasteiger partial charge in [0.1, 0.15) is 28.8 Å². The Labute approximate surface area is 252 Å². The Morgan fingerprint density at radius 1 is 0.524 bits per heavy atom. The van der Waals surface area contributed by atoms with Gasteiger partial charge in [0.25, 0.3) is 0 Å². The molecule has 2 aromatic carbocycles. The van der Waals surface area contributed by atoms with Crippen molar-refractivity contribution in [1.29, 1.82) is 0 Å². The number of unbranched alkanes of at least 4 members (excludes halogenated alkanes) is 11. The van der Waals surface area contributed by atoms with E-state index in [1.54, 1.807) is 24.3 Å². The molecule has 0 amide bonds. The summed E-state index contributed by atoms with van der Waals surface area (Å²) in [5, 5.41) is 21.8. The molecule has 0 unspecified atom stereocenters. The lowest BCUT2D eigenvalue weighted by Gasteiger charge is -2.12. The van der Waals surface area contributed by atoms with E-state index < -0.39 is 0 Å². The molecular weight excluding hydrogens is 526 g/mol. The Kier molecular flexibility index (Phi) is 15.0. The fourth-order valence-electron chi connectivity index (χ4n) is 4.83. The van der Waals surface area contributed by atoms with Crippen molar-refractivity contribution in [3.8, 4) is 45.8 Å². The van der Waals surface area contributed by atoms with E-state index in [0.29, 0.717) is 59.7 Å². The largest absolute Gasteiger partial charge is 0.507 e. The molecule has 0 saturated carbocycles. The first-order valence-corrected chi connectivity index (χ1v) is 16.2. The van der Waals surface area contributed by atoms with Gasteiger partial charge in [-0.2, -0.15) is 0 Å². The van der Waals surface area contributed by atoms with Crippen LogP contribution < -0.4 is 9.47 Å². The number of phenolic OH excluding ortho intramolecular Hbond substituents is 2. The number of nitrogens with zero attached hydrogens (tertiary/aromatic N) is 3. The van der Waals surface area contributed by atoms with Crippen LogP contribution in [0.3, 0.4) is 0 Å². The Balaban J connectivity index is 1.70. The second kappa shape index (κ2) is 19.0. The normalized spacial score (nSPS) is 11.1. The van der Waals surface area contributed by atoms with E-state index in [1.807, 2.05) is 12.1 Å². The van der Waals surface area contributed by atoms with Crippen LogP contribution in [0, 0.1) is 0 Å². The van der Waals surface area contributed by atoms with Crippen LogP contribution in [-0.4, -0.2) is 38.4 Å². The summed E-state index contributed by atoms with van der Waals surface area (Å²) < 4.78 is 11.8. The molecule has 3 aromatic rings. The topological polar surface area (TPSA) is 97.6 Å². The van der Waals surface area contributed by atoms with Crippen LogP contribution in [-0.2, 0) is 6.42 Å². The second-order valence-corrected chi connectivity index (χ2v) is 11.1. The van der Waals surface area contributed by atoms with Crippen molar-refractivity contribution in [3.63, 3.8) is 0 Å². The fraction of sp³-hybridized carbons (Fsp3) is 0.571. The van der Waals surface area contributed by atoms with Crippen molar-refractivity contribution in [2.24, 2.45) is 0 Å². The minimum atomic E-state index is 0.0525. The second-order valence-electron chi connectivity index (χ2n) is 11.1. The highest BCUT2D eigenvalue weighted by Crippen LogP contribution is 2.34. The van der Waals surface area contributed by atoms with E-state index in [4.69, 9.17) is 9.47 Å². The minimum Gasteiger partial charge on any atom is -0.507 e. The van der Waals surface area contributed by atoms with Gasteiger partial charge < -0.3 is 19.7 Å². The molecule has 0 saturated heterocycles. The molecule has 0 bridgehead atoms. The third-order valence-corrected chi connectivity index (χ3v) is 7.39. The number of ether oxygens (including phenoxy) is 2. The Hall–Kier alpha value is -3.35. The number of aromatic nitrogens is 3. The van der Waals surface area contributed by atoms with Crippen molar-refractivity contribution in [2.45, 2.75) is 117 Å². The van der Waals surface area contributed by atoms with Crippen LogP contribution in [0.1, 0.15) is 116 Å². The lowest BCUT2D eigenvalue weighted by Crippen LogP contribution is -2.04. The van der Waals surface area contributed by atoms with E-state index >= 15 is 0 Å². The first-order valence-electron chi connectivity index (χ1n) is 16.2. The van der Waals surface area contributed by atoms with Crippen LogP contribution in [0.4, 0.5) is 0 Å².